The average Bonchev–Trinajstić information content (AvgIpc) is 3.11. The number of primary amides is 1. The van der Waals surface area contributed by atoms with Crippen LogP contribution in [0.1, 0.15) is 21.7 Å². The van der Waals surface area contributed by atoms with Gasteiger partial charge in [-0.3, -0.25) is 19.5 Å². The van der Waals surface area contributed by atoms with Crippen LogP contribution in [0.2, 0.25) is 0 Å². The fourth-order valence-corrected chi connectivity index (χ4v) is 4.54. The Morgan fingerprint density at radius 3 is 2.81 bits per heavy atom. The fraction of sp³-hybridized carbons (Fsp3) is 0.240. The number of nitrogens with two attached hydrogens (primary N) is 1. The summed E-state index contributed by atoms with van der Waals surface area (Å²) in [6.45, 7) is 1.79. The monoisotopic (exact) mass is 428 g/mol. The van der Waals surface area contributed by atoms with Crippen LogP contribution in [0, 0.1) is 5.92 Å². The van der Waals surface area contributed by atoms with Crippen LogP contribution in [0.3, 0.4) is 0 Å². The van der Waals surface area contributed by atoms with E-state index in [1.54, 1.807) is 18.2 Å². The number of rotatable bonds is 5. The van der Waals surface area contributed by atoms with E-state index in [1.165, 1.54) is 6.07 Å². The molecule has 5 rings (SSSR count). The Morgan fingerprint density at radius 1 is 1.12 bits per heavy atom. The summed E-state index contributed by atoms with van der Waals surface area (Å²) in [5.74, 6) is -0.484. The minimum atomic E-state index is -0.562. The number of fused-ring (bicyclic) bond motifs is 2. The maximum absolute atomic E-state index is 12.6. The van der Waals surface area contributed by atoms with Crippen LogP contribution < -0.4 is 11.2 Å². The third kappa shape index (κ3) is 4.00. The Kier molecular flexibility index (Phi) is 5.20. The maximum Gasteiger partial charge on any atom is 0.248 e. The number of hydrogen-bond donors (Lipinski definition) is 3. The molecule has 0 saturated carbocycles. The number of nitrogens with one attached hydrogen (secondary N) is 1. The summed E-state index contributed by atoms with van der Waals surface area (Å²) in [5, 5.41) is 12.2. The Morgan fingerprint density at radius 2 is 1.97 bits per heavy atom. The molecule has 162 valence electrons. The molecule has 0 bridgehead atoms. The summed E-state index contributed by atoms with van der Waals surface area (Å²) in [6, 6.07) is 18.5. The van der Waals surface area contributed by atoms with Crippen molar-refractivity contribution < 1.29 is 9.90 Å². The average molecular weight is 428 g/mol. The quantitative estimate of drug-likeness (QED) is 0.451. The second-order valence-electron chi connectivity index (χ2n) is 8.50. The second kappa shape index (κ2) is 8.18. The van der Waals surface area contributed by atoms with Gasteiger partial charge in [0.05, 0.1) is 11.6 Å². The number of carbonyl (C=O) groups excluding carboxylic acids is 1. The fourth-order valence-electron chi connectivity index (χ4n) is 4.54. The second-order valence-corrected chi connectivity index (χ2v) is 8.50. The molecule has 4 aromatic rings. The van der Waals surface area contributed by atoms with E-state index in [-0.39, 0.29) is 11.3 Å². The largest absolute Gasteiger partial charge is 0.391 e. The summed E-state index contributed by atoms with van der Waals surface area (Å²) in [7, 11) is 0. The van der Waals surface area contributed by atoms with Crippen LogP contribution in [0.5, 0.6) is 0 Å². The number of aromatic nitrogens is 2. The molecule has 0 aliphatic carbocycles. The van der Waals surface area contributed by atoms with Gasteiger partial charge in [-0.2, -0.15) is 0 Å². The molecule has 4 N–H and O–H groups in total. The van der Waals surface area contributed by atoms with Crippen molar-refractivity contribution >= 4 is 27.7 Å². The number of hydrogen-bond acceptors (Lipinski definition) is 5. The van der Waals surface area contributed by atoms with Gasteiger partial charge in [-0.1, -0.05) is 24.3 Å². The standard InChI is InChI=1S/C25H24N4O3/c26-25(32)16-6-8-22-20(10-16)23(30)11-19(28-22)13-29-12-17(24(31)14-29)9-18-7-5-15-3-1-2-4-21(15)27-18/h1-8,10-11,17,24,31H,9,12-14H2,(H2,26,32)(H,28,30)/t17-,24-/m1/s1. The normalized spacial score (nSPS) is 19.0. The van der Waals surface area contributed by atoms with E-state index < -0.39 is 12.0 Å². The molecule has 32 heavy (non-hydrogen) atoms. The van der Waals surface area contributed by atoms with Gasteiger partial charge in [0.2, 0.25) is 5.91 Å². The molecule has 3 heterocycles. The lowest BCUT2D eigenvalue weighted by Gasteiger charge is -2.16. The van der Waals surface area contributed by atoms with Crippen molar-refractivity contribution in [1.82, 2.24) is 14.9 Å². The van der Waals surface area contributed by atoms with E-state index in [1.807, 2.05) is 30.3 Å². The first kappa shape index (κ1) is 20.4. The van der Waals surface area contributed by atoms with Crippen LogP contribution in [0.15, 0.2) is 65.5 Å². The maximum atomic E-state index is 12.6. The van der Waals surface area contributed by atoms with E-state index in [9.17, 15) is 14.7 Å². The number of H-pyrrole nitrogens is 1. The lowest BCUT2D eigenvalue weighted by Crippen LogP contribution is -2.23. The van der Waals surface area contributed by atoms with Gasteiger partial charge in [0, 0.05) is 64.9 Å². The van der Waals surface area contributed by atoms with E-state index in [4.69, 9.17) is 10.7 Å². The Balaban J connectivity index is 1.31. The van der Waals surface area contributed by atoms with E-state index in [0.29, 0.717) is 36.0 Å². The van der Waals surface area contributed by atoms with Gasteiger partial charge in [0.1, 0.15) is 0 Å². The van der Waals surface area contributed by atoms with Gasteiger partial charge in [-0.15, -0.1) is 0 Å². The highest BCUT2D eigenvalue weighted by molar-refractivity contribution is 5.96. The molecule has 0 spiro atoms. The molecule has 7 nitrogen and oxygen atoms in total. The first-order valence-electron chi connectivity index (χ1n) is 10.7. The lowest BCUT2D eigenvalue weighted by atomic mass is 9.99. The molecular weight excluding hydrogens is 404 g/mol. The van der Waals surface area contributed by atoms with Gasteiger partial charge in [0.25, 0.3) is 0 Å². The molecule has 1 fully saturated rings. The summed E-state index contributed by atoms with van der Waals surface area (Å²) < 4.78 is 0. The Hall–Kier alpha value is -3.55. The zero-order chi connectivity index (χ0) is 22.2. The number of likely N-dealkylation sites (tertiary alicyclic amines) is 1. The van der Waals surface area contributed by atoms with Crippen molar-refractivity contribution in [3.8, 4) is 0 Å². The van der Waals surface area contributed by atoms with Gasteiger partial charge < -0.3 is 15.8 Å². The highest BCUT2D eigenvalue weighted by Gasteiger charge is 2.31. The predicted octanol–water partition coefficient (Wildman–Crippen LogP) is 2.21. The number of pyridine rings is 2. The highest BCUT2D eigenvalue weighted by atomic mass is 16.3. The van der Waals surface area contributed by atoms with Gasteiger partial charge in [-0.25, -0.2) is 0 Å². The third-order valence-corrected chi connectivity index (χ3v) is 6.17. The zero-order valence-corrected chi connectivity index (χ0v) is 17.5. The number of para-hydroxylation sites is 1. The van der Waals surface area contributed by atoms with Crippen molar-refractivity contribution in [2.45, 2.75) is 19.1 Å². The number of aliphatic hydroxyl groups is 1. The van der Waals surface area contributed by atoms with Crippen molar-refractivity contribution in [3.05, 3.63) is 87.8 Å². The molecule has 2 aromatic carbocycles. The summed E-state index contributed by atoms with van der Waals surface area (Å²) in [6.07, 6.45) is 0.251. The molecule has 7 heteroatoms. The number of β-amino-alcohol motifs (C(OH)–C–C–N with tert-alkyl or cyclic N) is 1. The van der Waals surface area contributed by atoms with Gasteiger partial charge in [0.15, 0.2) is 5.43 Å². The predicted molar refractivity (Wildman–Crippen MR) is 123 cm³/mol. The first-order chi connectivity index (χ1) is 15.5. The van der Waals surface area contributed by atoms with E-state index in [2.05, 4.69) is 16.0 Å². The van der Waals surface area contributed by atoms with E-state index in [0.717, 1.165) is 28.8 Å². The number of carbonyl (C=O) groups is 1. The van der Waals surface area contributed by atoms with Crippen molar-refractivity contribution in [2.24, 2.45) is 11.7 Å². The smallest absolute Gasteiger partial charge is 0.248 e. The van der Waals surface area contributed by atoms with Crippen molar-refractivity contribution in [1.29, 1.82) is 0 Å². The summed E-state index contributed by atoms with van der Waals surface area (Å²) >= 11 is 0. The highest BCUT2D eigenvalue weighted by Crippen LogP contribution is 2.24. The minimum absolute atomic E-state index is 0.0777. The Labute approximate surface area is 184 Å². The summed E-state index contributed by atoms with van der Waals surface area (Å²) in [4.78, 5) is 34.1. The van der Waals surface area contributed by atoms with Crippen LogP contribution in [-0.2, 0) is 13.0 Å². The molecule has 1 aliphatic rings. The molecule has 2 aromatic heterocycles. The van der Waals surface area contributed by atoms with Crippen LogP contribution >= 0.6 is 0 Å². The van der Waals surface area contributed by atoms with Crippen molar-refractivity contribution in [3.63, 3.8) is 0 Å². The molecule has 0 radical (unpaired) electrons. The lowest BCUT2D eigenvalue weighted by molar-refractivity contribution is 0.100. The first-order valence-corrected chi connectivity index (χ1v) is 10.7. The molecule has 2 atom stereocenters. The number of nitrogens with zero attached hydrogens (tertiary/aromatic N) is 2. The zero-order valence-electron chi connectivity index (χ0n) is 17.5. The van der Waals surface area contributed by atoms with Crippen LogP contribution in [0.25, 0.3) is 21.8 Å². The molecular formula is C25H24N4O3. The number of benzene rings is 2. The topological polar surface area (TPSA) is 112 Å². The minimum Gasteiger partial charge on any atom is -0.391 e. The molecule has 1 amide bonds. The number of aliphatic hydroxyl groups excluding tert-OH is 1. The van der Waals surface area contributed by atoms with Crippen LogP contribution in [-0.4, -0.2) is 45.1 Å². The number of aromatic amines is 1. The third-order valence-electron chi connectivity index (χ3n) is 6.17. The SMILES string of the molecule is NC(=O)c1ccc2[nH]c(CN3C[C@@H](Cc4ccc5ccccc5n4)[C@H](O)C3)cc(=O)c2c1. The Bertz CT molecular complexity index is 1380. The number of amides is 1. The van der Waals surface area contributed by atoms with Crippen LogP contribution in [0.4, 0.5) is 0 Å². The van der Waals surface area contributed by atoms with Gasteiger partial charge >= 0.3 is 0 Å². The molecule has 1 aliphatic heterocycles. The van der Waals surface area contributed by atoms with Crippen molar-refractivity contribution in [2.75, 3.05) is 13.1 Å². The van der Waals surface area contributed by atoms with Gasteiger partial charge in [-0.05, 0) is 36.8 Å². The van der Waals surface area contributed by atoms with E-state index >= 15 is 0 Å². The molecule has 0 unspecified atom stereocenters. The summed E-state index contributed by atoms with van der Waals surface area (Å²) in [5.41, 5.74) is 8.83. The molecule has 1 saturated heterocycles.